The molecule has 16 nitrogen and oxygen atoms in total. The fourth-order valence-electron chi connectivity index (χ4n) is 4.37. The molecule has 1 saturated heterocycles. The highest BCUT2D eigenvalue weighted by Gasteiger charge is 2.37. The summed E-state index contributed by atoms with van der Waals surface area (Å²) in [7, 11) is 0. The average molecular weight is 668 g/mol. The Labute approximate surface area is 271 Å². The number of carboxylic acid groups (broad SMARTS) is 1. The first-order valence-corrected chi connectivity index (χ1v) is 13.2. The van der Waals surface area contributed by atoms with Crippen LogP contribution in [-0.2, 0) is 14.4 Å². The number of rotatable bonds is 12. The molecule has 244 valence electrons. The molecule has 2 aromatic carbocycles. The Morgan fingerprint density at radius 1 is 0.800 bits per heavy atom. The molecule has 0 radical (unpaired) electrons. The third-order valence-electron chi connectivity index (χ3n) is 6.35. The van der Waals surface area contributed by atoms with Crippen molar-refractivity contribution in [3.05, 3.63) is 59.7 Å². The number of nitrogens with zero attached hydrogens (tertiary/aromatic N) is 4. The summed E-state index contributed by atoms with van der Waals surface area (Å²) in [6.07, 6.45) is 0.470. The molecule has 1 heterocycles. The van der Waals surface area contributed by atoms with Crippen molar-refractivity contribution in [3.63, 3.8) is 0 Å². The molecule has 3 rings (SSSR count). The molecule has 1 aliphatic rings. The minimum atomic E-state index is -1.18. The van der Waals surface area contributed by atoms with Crippen LogP contribution in [0.2, 0.25) is 0 Å². The van der Waals surface area contributed by atoms with Crippen molar-refractivity contribution < 1.29 is 29.1 Å². The number of hydrogen-bond acceptors (Lipinski definition) is 7. The minimum absolute atomic E-state index is 0. The molecular weight excluding hydrogens is 631 g/mol. The summed E-state index contributed by atoms with van der Waals surface area (Å²) in [6.45, 7) is -0.591. The van der Waals surface area contributed by atoms with Gasteiger partial charge in [0.2, 0.25) is 11.8 Å². The summed E-state index contributed by atoms with van der Waals surface area (Å²) in [5.41, 5.74) is 22.9. The molecule has 0 saturated carbocycles. The van der Waals surface area contributed by atoms with Gasteiger partial charge in [0.1, 0.15) is 12.6 Å². The van der Waals surface area contributed by atoms with E-state index >= 15 is 0 Å². The van der Waals surface area contributed by atoms with E-state index in [1.165, 1.54) is 34.1 Å². The Morgan fingerprint density at radius 3 is 1.76 bits per heavy atom. The van der Waals surface area contributed by atoms with Crippen molar-refractivity contribution in [2.24, 2.45) is 32.9 Å². The number of benzene rings is 2. The van der Waals surface area contributed by atoms with E-state index in [4.69, 9.17) is 22.9 Å². The largest absolute Gasteiger partial charge is 0.480 e. The van der Waals surface area contributed by atoms with Crippen molar-refractivity contribution >= 4 is 77.7 Å². The second kappa shape index (κ2) is 17.9. The van der Waals surface area contributed by atoms with Crippen molar-refractivity contribution in [1.82, 2.24) is 20.4 Å². The molecule has 0 spiro atoms. The third-order valence-corrected chi connectivity index (χ3v) is 6.35. The first-order valence-electron chi connectivity index (χ1n) is 13.2. The number of aliphatic carboxylic acids is 1. The maximum atomic E-state index is 13.1. The lowest BCUT2D eigenvalue weighted by molar-refractivity contribution is -0.155. The highest BCUT2D eigenvalue weighted by molar-refractivity contribution is 5.98. The van der Waals surface area contributed by atoms with E-state index in [1.54, 1.807) is 24.3 Å². The summed E-state index contributed by atoms with van der Waals surface area (Å²) < 4.78 is 0. The van der Waals surface area contributed by atoms with Crippen molar-refractivity contribution in [2.75, 3.05) is 32.7 Å². The van der Waals surface area contributed by atoms with Gasteiger partial charge in [-0.25, -0.2) is 9.98 Å². The number of hydrogen-bond donors (Lipinski definition) is 7. The Bertz CT molecular complexity index is 1410. The van der Waals surface area contributed by atoms with Crippen molar-refractivity contribution in [2.45, 2.75) is 18.9 Å². The van der Waals surface area contributed by atoms with E-state index in [2.05, 4.69) is 20.6 Å². The van der Waals surface area contributed by atoms with Crippen LogP contribution in [0.15, 0.2) is 58.5 Å². The normalized spacial score (nSPS) is 13.8. The summed E-state index contributed by atoms with van der Waals surface area (Å²) in [6, 6.07) is 11.4. The van der Waals surface area contributed by atoms with Gasteiger partial charge in [-0.3, -0.25) is 24.0 Å². The Balaban J connectivity index is 0.00000506. The van der Waals surface area contributed by atoms with Gasteiger partial charge in [0.05, 0.1) is 17.9 Å². The van der Waals surface area contributed by atoms with Gasteiger partial charge in [0.15, 0.2) is 11.9 Å². The van der Waals surface area contributed by atoms with Crippen LogP contribution >= 0.6 is 24.8 Å². The minimum Gasteiger partial charge on any atom is -0.480 e. The van der Waals surface area contributed by atoms with Crippen molar-refractivity contribution in [1.29, 1.82) is 0 Å². The maximum Gasteiger partial charge on any atom is 0.323 e. The lowest BCUT2D eigenvalue weighted by Crippen LogP contribution is -2.60. The number of carbonyl (C=O) groups is 5. The van der Waals surface area contributed by atoms with Crippen LogP contribution in [-0.4, -0.2) is 95.2 Å². The van der Waals surface area contributed by atoms with Crippen LogP contribution in [0.1, 0.15) is 33.6 Å². The smallest absolute Gasteiger partial charge is 0.323 e. The molecule has 1 fully saturated rings. The Kier molecular flexibility index (Phi) is 15.1. The van der Waals surface area contributed by atoms with Crippen LogP contribution in [0.5, 0.6) is 0 Å². The highest BCUT2D eigenvalue weighted by atomic mass is 35.5. The fourth-order valence-corrected chi connectivity index (χ4v) is 4.37. The quantitative estimate of drug-likeness (QED) is 0.0859. The molecule has 1 aliphatic heterocycles. The average Bonchev–Trinajstić information content (AvgIpc) is 2.95. The topological polar surface area (TPSA) is 265 Å². The first kappa shape index (κ1) is 37.9. The van der Waals surface area contributed by atoms with Crippen molar-refractivity contribution in [3.8, 4) is 0 Å². The number of carboxylic acids is 1. The van der Waals surface area contributed by atoms with Crippen LogP contribution in [0, 0.1) is 0 Å². The molecule has 2 aromatic rings. The van der Waals surface area contributed by atoms with Gasteiger partial charge in [-0.1, -0.05) is 0 Å². The van der Waals surface area contributed by atoms with Crippen LogP contribution in [0.4, 0.5) is 11.4 Å². The summed E-state index contributed by atoms with van der Waals surface area (Å²) >= 11 is 0. The standard InChI is InChI=1S/C27H34N10O6.2ClH/c28-26(29)34-18-7-3-16(4-8-18)23(41)32-11-1-2-20-25(43)36(15-22(39)40)12-13-37(20)21(38)14-33-24(42)17-5-9-19(10-6-17)35-27(30)31;;/h3-10,20H,1-2,11-15H2,(H,32,41)(H,33,42)(H,39,40)(H4,28,29,34)(H4,30,31,35);2*1H/t20-;;/m0../s1. The van der Waals surface area contributed by atoms with Gasteiger partial charge < -0.3 is 48.5 Å². The van der Waals surface area contributed by atoms with Gasteiger partial charge >= 0.3 is 5.97 Å². The van der Waals surface area contributed by atoms with Gasteiger partial charge in [0.25, 0.3) is 11.8 Å². The highest BCUT2D eigenvalue weighted by Crippen LogP contribution is 2.18. The number of amides is 4. The predicted molar refractivity (Wildman–Crippen MR) is 172 cm³/mol. The number of halogens is 2. The third kappa shape index (κ3) is 11.5. The molecule has 0 unspecified atom stereocenters. The summed E-state index contributed by atoms with van der Waals surface area (Å²) in [4.78, 5) is 72.8. The molecule has 4 amide bonds. The van der Waals surface area contributed by atoms with E-state index in [0.29, 0.717) is 23.4 Å². The number of nitrogens with two attached hydrogens (primary N) is 4. The van der Waals surface area contributed by atoms with Gasteiger partial charge in [-0.2, -0.15) is 0 Å². The van der Waals surface area contributed by atoms with Gasteiger partial charge in [-0.05, 0) is 61.4 Å². The SMILES string of the molecule is Cl.Cl.NC(N)=Nc1ccc(C(=O)NCCC[C@H]2C(=O)N(CC(=O)O)CCN2C(=O)CNC(=O)c2ccc(N=C(N)N)cc2)cc1. The zero-order chi connectivity index (χ0) is 31.5. The zero-order valence-electron chi connectivity index (χ0n) is 24.0. The lowest BCUT2D eigenvalue weighted by Gasteiger charge is -2.40. The zero-order valence-corrected chi connectivity index (χ0v) is 25.7. The van der Waals surface area contributed by atoms with Gasteiger partial charge in [-0.15, -0.1) is 24.8 Å². The molecule has 11 N–H and O–H groups in total. The predicted octanol–water partition coefficient (Wildman–Crippen LogP) is -0.596. The monoisotopic (exact) mass is 666 g/mol. The van der Waals surface area contributed by atoms with E-state index in [-0.39, 0.29) is 80.8 Å². The lowest BCUT2D eigenvalue weighted by atomic mass is 10.0. The molecular formula is C27H36Cl2N10O6. The number of aliphatic imine (C=N–C) groups is 2. The number of nitrogens with one attached hydrogen (secondary N) is 2. The Hall–Kier alpha value is -5.09. The Morgan fingerprint density at radius 2 is 1.29 bits per heavy atom. The molecule has 18 heteroatoms. The van der Waals surface area contributed by atoms with E-state index in [9.17, 15) is 29.1 Å². The van der Waals surface area contributed by atoms with Crippen LogP contribution in [0.25, 0.3) is 0 Å². The summed E-state index contributed by atoms with van der Waals surface area (Å²) in [5, 5.41) is 14.5. The van der Waals surface area contributed by atoms with Gasteiger partial charge in [0, 0.05) is 30.8 Å². The second-order valence-electron chi connectivity index (χ2n) is 9.50. The van der Waals surface area contributed by atoms with Crippen LogP contribution in [0.3, 0.4) is 0 Å². The fraction of sp³-hybridized carbons (Fsp3) is 0.296. The van der Waals surface area contributed by atoms with E-state index < -0.39 is 36.3 Å². The number of piperazine rings is 1. The molecule has 0 aromatic heterocycles. The number of carbonyl (C=O) groups excluding carboxylic acids is 4. The molecule has 1 atom stereocenters. The molecule has 45 heavy (non-hydrogen) atoms. The molecule has 0 aliphatic carbocycles. The second-order valence-corrected chi connectivity index (χ2v) is 9.50. The van der Waals surface area contributed by atoms with E-state index in [1.807, 2.05) is 0 Å². The maximum absolute atomic E-state index is 13.1. The van der Waals surface area contributed by atoms with E-state index in [0.717, 1.165) is 0 Å². The molecule has 0 bridgehead atoms. The summed E-state index contributed by atoms with van der Waals surface area (Å²) in [5.74, 6) is -3.33. The first-order chi connectivity index (χ1) is 20.4. The van der Waals surface area contributed by atoms with Crippen LogP contribution < -0.4 is 33.6 Å². The number of guanidine groups is 2.